The highest BCUT2D eigenvalue weighted by molar-refractivity contribution is 9.10. The van der Waals surface area contributed by atoms with Crippen molar-refractivity contribution >= 4 is 32.9 Å². The number of hydrogen-bond donors (Lipinski definition) is 2. The van der Waals surface area contributed by atoms with Gasteiger partial charge in [-0.25, -0.2) is 9.37 Å². The minimum Gasteiger partial charge on any atom is -0.364 e. The van der Waals surface area contributed by atoms with Crippen LogP contribution in [0.25, 0.3) is 11.0 Å². The lowest BCUT2D eigenvalue weighted by Crippen LogP contribution is -2.35. The third-order valence-corrected chi connectivity index (χ3v) is 6.37. The molecule has 4 rings (SSSR count). The number of benzene rings is 1. The van der Waals surface area contributed by atoms with Gasteiger partial charge in [-0.1, -0.05) is 37.3 Å². The Morgan fingerprint density at radius 1 is 1.28 bits per heavy atom. The smallest absolute Gasteiger partial charge is 0.257 e. The first-order chi connectivity index (χ1) is 14.0. The fraction of sp³-hybridized carbons (Fsp3) is 0.476. The number of imidazole rings is 1. The molecule has 1 fully saturated rings. The zero-order valence-electron chi connectivity index (χ0n) is 16.3. The number of halogens is 2. The molecule has 0 radical (unpaired) electrons. The van der Waals surface area contributed by atoms with E-state index >= 15 is 0 Å². The van der Waals surface area contributed by atoms with E-state index in [-0.39, 0.29) is 23.4 Å². The second kappa shape index (κ2) is 8.65. The molecule has 1 aliphatic rings. The van der Waals surface area contributed by atoms with E-state index in [0.29, 0.717) is 27.1 Å². The number of fused-ring (bicyclic) bond motifs is 1. The summed E-state index contributed by atoms with van der Waals surface area (Å²) < 4.78 is 19.8. The molecule has 1 aliphatic carbocycles. The first-order valence-electron chi connectivity index (χ1n) is 10.1. The highest BCUT2D eigenvalue weighted by Gasteiger charge is 2.30. The number of nitrogens with one attached hydrogen (secondary N) is 2. The fourth-order valence-electron chi connectivity index (χ4n) is 4.14. The van der Waals surface area contributed by atoms with Crippen LogP contribution in [0.1, 0.15) is 72.9 Å². The number of carbonyl (C=O) groups excluding carboxylic acids is 1. The highest BCUT2D eigenvalue weighted by Crippen LogP contribution is 2.34. The van der Waals surface area contributed by atoms with Gasteiger partial charge in [0.2, 0.25) is 0 Å². The van der Waals surface area contributed by atoms with Crippen LogP contribution in [0, 0.1) is 18.7 Å². The number of carbonyl (C=O) groups is 1. The van der Waals surface area contributed by atoms with Crippen LogP contribution in [0.5, 0.6) is 0 Å². The highest BCUT2D eigenvalue weighted by atomic mass is 79.9. The van der Waals surface area contributed by atoms with Crippen LogP contribution in [0.3, 0.4) is 0 Å². The molecule has 6 nitrogen and oxygen atoms in total. The Balaban J connectivity index is 1.70. The average molecular weight is 463 g/mol. The van der Waals surface area contributed by atoms with Crippen molar-refractivity contribution in [2.24, 2.45) is 5.92 Å². The van der Waals surface area contributed by atoms with Crippen molar-refractivity contribution in [2.75, 3.05) is 0 Å². The summed E-state index contributed by atoms with van der Waals surface area (Å²) >= 11 is 3.22. The predicted molar refractivity (Wildman–Crippen MR) is 111 cm³/mol. The number of aromatic amines is 1. The quantitative estimate of drug-likeness (QED) is 0.528. The molecule has 154 valence electrons. The molecule has 1 amide bonds. The molecule has 1 atom stereocenters. The lowest BCUT2D eigenvalue weighted by Gasteiger charge is -2.28. The third-order valence-electron chi connectivity index (χ3n) is 5.76. The normalized spacial score (nSPS) is 17.1. The molecule has 0 spiro atoms. The van der Waals surface area contributed by atoms with E-state index in [4.69, 9.17) is 4.52 Å². The van der Waals surface area contributed by atoms with Gasteiger partial charge in [0.15, 0.2) is 5.82 Å². The van der Waals surface area contributed by atoms with E-state index in [9.17, 15) is 9.18 Å². The number of hydrogen-bond acceptors (Lipinski definition) is 4. The second-order valence-electron chi connectivity index (χ2n) is 7.75. The van der Waals surface area contributed by atoms with Gasteiger partial charge in [0.1, 0.15) is 23.2 Å². The van der Waals surface area contributed by atoms with Crippen molar-refractivity contribution in [3.05, 3.63) is 45.8 Å². The van der Waals surface area contributed by atoms with E-state index in [1.165, 1.54) is 25.5 Å². The number of aromatic nitrogens is 3. The monoisotopic (exact) mass is 462 g/mol. The van der Waals surface area contributed by atoms with Gasteiger partial charge in [0.25, 0.3) is 5.91 Å². The summed E-state index contributed by atoms with van der Waals surface area (Å²) in [4.78, 5) is 20.7. The van der Waals surface area contributed by atoms with Crippen molar-refractivity contribution in [3.8, 4) is 0 Å². The summed E-state index contributed by atoms with van der Waals surface area (Å²) in [5.41, 5.74) is 1.84. The maximum atomic E-state index is 14.5. The lowest BCUT2D eigenvalue weighted by atomic mass is 9.85. The van der Waals surface area contributed by atoms with Gasteiger partial charge < -0.3 is 14.8 Å². The standard InChI is InChI=1S/C21H24BrFN4O2/c1-12-14(11-29-27-12)21(28)26-18(13-7-5-3-2-4-6-8-13)20-24-16-10-9-15(22)17(23)19(16)25-20/h9-11,13,18H,2-8H2,1H3,(H,24,25)(H,26,28). The largest absolute Gasteiger partial charge is 0.364 e. The van der Waals surface area contributed by atoms with Gasteiger partial charge in [-0.05, 0) is 53.7 Å². The molecule has 1 aromatic carbocycles. The number of amides is 1. The van der Waals surface area contributed by atoms with Crippen molar-refractivity contribution in [3.63, 3.8) is 0 Å². The van der Waals surface area contributed by atoms with Gasteiger partial charge in [-0.2, -0.15) is 0 Å². The van der Waals surface area contributed by atoms with Crippen LogP contribution in [0.4, 0.5) is 4.39 Å². The molecular weight excluding hydrogens is 439 g/mol. The average Bonchev–Trinajstić information content (AvgIpc) is 3.29. The summed E-state index contributed by atoms with van der Waals surface area (Å²) in [6.45, 7) is 1.73. The molecular formula is C21H24BrFN4O2. The van der Waals surface area contributed by atoms with E-state index in [2.05, 4.69) is 36.4 Å². The summed E-state index contributed by atoms with van der Waals surface area (Å²) in [6.07, 6.45) is 9.23. The fourth-order valence-corrected chi connectivity index (χ4v) is 4.46. The van der Waals surface area contributed by atoms with Crippen LogP contribution in [0.2, 0.25) is 0 Å². The Labute approximate surface area is 176 Å². The maximum Gasteiger partial charge on any atom is 0.257 e. The van der Waals surface area contributed by atoms with Crippen LogP contribution in [-0.4, -0.2) is 21.0 Å². The topological polar surface area (TPSA) is 83.8 Å². The summed E-state index contributed by atoms with van der Waals surface area (Å²) in [7, 11) is 0. The Hall–Kier alpha value is -2.22. The summed E-state index contributed by atoms with van der Waals surface area (Å²) in [5, 5.41) is 6.92. The molecule has 3 aromatic rings. The van der Waals surface area contributed by atoms with Crippen LogP contribution >= 0.6 is 15.9 Å². The van der Waals surface area contributed by atoms with Gasteiger partial charge >= 0.3 is 0 Å². The number of H-pyrrole nitrogens is 1. The van der Waals surface area contributed by atoms with Crippen molar-refractivity contribution in [1.82, 2.24) is 20.4 Å². The molecule has 2 aromatic heterocycles. The molecule has 2 N–H and O–H groups in total. The van der Waals surface area contributed by atoms with E-state index in [1.54, 1.807) is 19.1 Å². The number of rotatable bonds is 4. The molecule has 2 heterocycles. The minimum atomic E-state index is -0.400. The minimum absolute atomic E-state index is 0.228. The second-order valence-corrected chi connectivity index (χ2v) is 8.60. The molecule has 1 saturated carbocycles. The van der Waals surface area contributed by atoms with Gasteiger partial charge in [0, 0.05) is 0 Å². The van der Waals surface area contributed by atoms with Crippen molar-refractivity contribution < 1.29 is 13.7 Å². The molecule has 0 aliphatic heterocycles. The molecule has 1 unspecified atom stereocenters. The number of nitrogens with zero attached hydrogens (tertiary/aromatic N) is 2. The maximum absolute atomic E-state index is 14.5. The molecule has 29 heavy (non-hydrogen) atoms. The first-order valence-corrected chi connectivity index (χ1v) is 10.9. The summed E-state index contributed by atoms with van der Waals surface area (Å²) in [5.74, 6) is 0.164. The van der Waals surface area contributed by atoms with Crippen LogP contribution in [-0.2, 0) is 0 Å². The Morgan fingerprint density at radius 3 is 2.69 bits per heavy atom. The molecule has 8 heteroatoms. The Morgan fingerprint density at radius 2 is 2.00 bits per heavy atom. The zero-order chi connectivity index (χ0) is 20.4. The summed E-state index contributed by atoms with van der Waals surface area (Å²) in [6, 6.07) is 3.12. The molecule has 0 saturated heterocycles. The van der Waals surface area contributed by atoms with Crippen LogP contribution in [0.15, 0.2) is 27.4 Å². The number of aryl methyl sites for hydroxylation is 1. The van der Waals surface area contributed by atoms with Gasteiger partial charge in [0.05, 0.1) is 21.7 Å². The predicted octanol–water partition coefficient (Wildman–Crippen LogP) is 5.59. The van der Waals surface area contributed by atoms with Crippen molar-refractivity contribution in [1.29, 1.82) is 0 Å². The van der Waals surface area contributed by atoms with E-state index < -0.39 is 5.82 Å². The molecule has 0 bridgehead atoms. The third kappa shape index (κ3) is 4.22. The lowest BCUT2D eigenvalue weighted by molar-refractivity contribution is 0.0911. The SMILES string of the molecule is Cc1nocc1C(=O)NC(c1nc2c(F)c(Br)ccc2[nH]1)C1CCCCCCC1. The van der Waals surface area contributed by atoms with Gasteiger partial charge in [-0.15, -0.1) is 0 Å². The van der Waals surface area contributed by atoms with Crippen LogP contribution < -0.4 is 5.32 Å². The zero-order valence-corrected chi connectivity index (χ0v) is 17.9. The van der Waals surface area contributed by atoms with Gasteiger partial charge in [-0.3, -0.25) is 4.79 Å². The Bertz CT molecular complexity index is 1010. The van der Waals surface area contributed by atoms with Crippen molar-refractivity contribution in [2.45, 2.75) is 57.9 Å². The van der Waals surface area contributed by atoms with E-state index in [1.807, 2.05) is 0 Å². The first kappa shape index (κ1) is 20.1. The van der Waals surface area contributed by atoms with E-state index in [0.717, 1.165) is 25.7 Å². The Kier molecular flexibility index (Phi) is 5.99.